The Balaban J connectivity index is 2.02. The van der Waals surface area contributed by atoms with Crippen molar-refractivity contribution in [2.75, 3.05) is 7.11 Å². The number of methoxy groups -OCH3 is 1. The van der Waals surface area contributed by atoms with Crippen molar-refractivity contribution in [2.24, 2.45) is 5.73 Å². The van der Waals surface area contributed by atoms with Crippen LogP contribution < -0.4 is 5.73 Å². The Hall–Kier alpha value is -2.59. The van der Waals surface area contributed by atoms with Crippen LogP contribution in [0.15, 0.2) is 60.8 Å². The maximum Gasteiger partial charge on any atom is 0.323 e. The summed E-state index contributed by atoms with van der Waals surface area (Å²) in [4.78, 5) is 15.3. The minimum absolute atomic E-state index is 0.152. The van der Waals surface area contributed by atoms with Crippen LogP contribution in [0.2, 0.25) is 0 Å². The smallest absolute Gasteiger partial charge is 0.323 e. The zero-order valence-corrected chi connectivity index (χ0v) is 13.0. The third kappa shape index (κ3) is 3.12. The largest absolute Gasteiger partial charge is 0.468 e. The highest BCUT2D eigenvalue weighted by atomic mass is 16.5. The van der Waals surface area contributed by atoms with Gasteiger partial charge >= 0.3 is 5.97 Å². The van der Waals surface area contributed by atoms with Crippen LogP contribution in [0.4, 0.5) is 0 Å². The number of carbonyl (C=O) groups is 1. The average Bonchev–Trinajstić information content (AvgIpc) is 3.03. The van der Waals surface area contributed by atoms with Gasteiger partial charge in [0.15, 0.2) is 0 Å². The highest BCUT2D eigenvalue weighted by molar-refractivity contribution is 5.85. The molecule has 0 aliphatic carbocycles. The summed E-state index contributed by atoms with van der Waals surface area (Å²) in [5.41, 5.74) is 9.44. The molecule has 0 amide bonds. The van der Waals surface area contributed by atoms with Gasteiger partial charge in [0.05, 0.1) is 7.11 Å². The molecule has 0 saturated carbocycles. The number of fused-ring (bicyclic) bond motifs is 1. The van der Waals surface area contributed by atoms with Gasteiger partial charge in [-0.2, -0.15) is 0 Å². The van der Waals surface area contributed by atoms with E-state index in [4.69, 9.17) is 10.5 Å². The van der Waals surface area contributed by atoms with Crippen molar-refractivity contribution < 1.29 is 9.53 Å². The maximum atomic E-state index is 12.0. The Kier molecular flexibility index (Phi) is 4.44. The first-order valence-corrected chi connectivity index (χ1v) is 7.64. The van der Waals surface area contributed by atoms with Gasteiger partial charge in [-0.05, 0) is 23.6 Å². The number of H-pyrrole nitrogens is 1. The molecule has 3 rings (SSSR count). The van der Waals surface area contributed by atoms with Gasteiger partial charge in [0.25, 0.3) is 0 Å². The molecular formula is C19H20N2O2. The molecule has 2 aromatic carbocycles. The molecule has 0 aliphatic rings. The number of nitrogens with one attached hydrogen (secondary N) is 1. The normalized spacial score (nSPS) is 13.7. The second kappa shape index (κ2) is 6.67. The average molecular weight is 308 g/mol. The third-order valence-electron chi connectivity index (χ3n) is 4.23. The lowest BCUT2D eigenvalue weighted by Crippen LogP contribution is -2.38. The molecule has 3 aromatic rings. The first-order valence-electron chi connectivity index (χ1n) is 7.64. The van der Waals surface area contributed by atoms with Gasteiger partial charge in [-0.15, -0.1) is 0 Å². The van der Waals surface area contributed by atoms with Crippen LogP contribution in [-0.2, 0) is 16.0 Å². The van der Waals surface area contributed by atoms with E-state index in [1.807, 2.05) is 60.8 Å². The van der Waals surface area contributed by atoms with Crippen molar-refractivity contribution in [3.63, 3.8) is 0 Å². The van der Waals surface area contributed by atoms with Crippen LogP contribution in [0.1, 0.15) is 17.0 Å². The number of hydrogen-bond donors (Lipinski definition) is 2. The Morgan fingerprint density at radius 2 is 1.83 bits per heavy atom. The van der Waals surface area contributed by atoms with E-state index in [0.29, 0.717) is 6.42 Å². The highest BCUT2D eigenvalue weighted by Crippen LogP contribution is 2.30. The number of rotatable bonds is 5. The number of esters is 1. The van der Waals surface area contributed by atoms with E-state index in [0.717, 1.165) is 22.0 Å². The van der Waals surface area contributed by atoms with Crippen molar-refractivity contribution >= 4 is 16.9 Å². The van der Waals surface area contributed by atoms with Crippen molar-refractivity contribution in [1.82, 2.24) is 4.98 Å². The monoisotopic (exact) mass is 308 g/mol. The molecule has 0 aliphatic heterocycles. The topological polar surface area (TPSA) is 68.1 Å². The van der Waals surface area contributed by atoms with Crippen LogP contribution in [0.3, 0.4) is 0 Å². The molecule has 1 aromatic heterocycles. The Morgan fingerprint density at radius 3 is 2.57 bits per heavy atom. The standard InChI is InChI=1S/C19H20N2O2/c1-23-19(22)18(20)15(11-13-7-3-2-4-8-13)16-12-21-17-10-6-5-9-14(16)17/h2-10,12,15,18,21H,11,20H2,1H3/t15?,18-/m0/s1. The molecule has 0 fully saturated rings. The van der Waals surface area contributed by atoms with Crippen molar-refractivity contribution in [2.45, 2.75) is 18.4 Å². The molecule has 4 heteroatoms. The molecule has 1 heterocycles. The third-order valence-corrected chi connectivity index (χ3v) is 4.23. The fourth-order valence-corrected chi connectivity index (χ4v) is 3.00. The minimum atomic E-state index is -0.709. The number of hydrogen-bond acceptors (Lipinski definition) is 3. The molecule has 0 radical (unpaired) electrons. The molecule has 2 atom stereocenters. The fourth-order valence-electron chi connectivity index (χ4n) is 3.00. The van der Waals surface area contributed by atoms with E-state index in [-0.39, 0.29) is 5.92 Å². The van der Waals surface area contributed by atoms with E-state index < -0.39 is 12.0 Å². The quantitative estimate of drug-likeness (QED) is 0.712. The van der Waals surface area contributed by atoms with Gasteiger partial charge in [0, 0.05) is 23.0 Å². The van der Waals surface area contributed by atoms with Crippen molar-refractivity contribution in [1.29, 1.82) is 0 Å². The van der Waals surface area contributed by atoms with Crippen LogP contribution in [0.25, 0.3) is 10.9 Å². The van der Waals surface area contributed by atoms with Crippen LogP contribution in [0, 0.1) is 0 Å². The zero-order valence-electron chi connectivity index (χ0n) is 13.0. The molecule has 23 heavy (non-hydrogen) atoms. The molecule has 4 nitrogen and oxygen atoms in total. The van der Waals surface area contributed by atoms with Crippen LogP contribution in [0.5, 0.6) is 0 Å². The lowest BCUT2D eigenvalue weighted by atomic mass is 9.86. The lowest BCUT2D eigenvalue weighted by Gasteiger charge is -2.22. The van der Waals surface area contributed by atoms with Gasteiger partial charge in [0.2, 0.25) is 0 Å². The summed E-state index contributed by atoms with van der Waals surface area (Å²) in [7, 11) is 1.37. The van der Waals surface area contributed by atoms with E-state index in [1.54, 1.807) is 0 Å². The molecule has 0 spiro atoms. The van der Waals surface area contributed by atoms with E-state index in [2.05, 4.69) is 4.98 Å². The summed E-state index contributed by atoms with van der Waals surface area (Å²) in [6.45, 7) is 0. The number of para-hydroxylation sites is 1. The first-order chi connectivity index (χ1) is 11.2. The summed E-state index contributed by atoms with van der Waals surface area (Å²) in [5, 5.41) is 1.09. The molecular weight excluding hydrogens is 288 g/mol. The van der Waals surface area contributed by atoms with Gasteiger partial charge in [0.1, 0.15) is 6.04 Å². The Morgan fingerprint density at radius 1 is 1.13 bits per heavy atom. The number of benzene rings is 2. The summed E-state index contributed by atoms with van der Waals surface area (Å²) in [6.07, 6.45) is 2.63. The number of ether oxygens (including phenoxy) is 1. The van der Waals surface area contributed by atoms with Crippen LogP contribution >= 0.6 is 0 Å². The Labute approximate surface area is 135 Å². The van der Waals surface area contributed by atoms with Gasteiger partial charge < -0.3 is 15.5 Å². The number of nitrogens with two attached hydrogens (primary N) is 1. The summed E-state index contributed by atoms with van der Waals surface area (Å²) in [5.74, 6) is -0.544. The first kappa shape index (κ1) is 15.3. The zero-order chi connectivity index (χ0) is 16.2. The van der Waals surface area contributed by atoms with Crippen LogP contribution in [-0.4, -0.2) is 24.1 Å². The summed E-state index contributed by atoms with van der Waals surface area (Å²) < 4.78 is 4.87. The maximum absolute atomic E-state index is 12.0. The SMILES string of the molecule is COC(=O)[C@@H](N)C(Cc1ccccc1)c1c[nH]c2ccccc12. The number of aromatic amines is 1. The summed E-state index contributed by atoms with van der Waals surface area (Å²) in [6, 6.07) is 17.4. The van der Waals surface area contributed by atoms with E-state index >= 15 is 0 Å². The minimum Gasteiger partial charge on any atom is -0.468 e. The lowest BCUT2D eigenvalue weighted by molar-refractivity contribution is -0.142. The molecule has 1 unspecified atom stereocenters. The summed E-state index contributed by atoms with van der Waals surface area (Å²) >= 11 is 0. The fraction of sp³-hybridized carbons (Fsp3) is 0.211. The van der Waals surface area contributed by atoms with Gasteiger partial charge in [-0.1, -0.05) is 48.5 Å². The molecule has 3 N–H and O–H groups in total. The van der Waals surface area contributed by atoms with Gasteiger partial charge in [-0.25, -0.2) is 0 Å². The number of carbonyl (C=O) groups excluding carboxylic acids is 1. The van der Waals surface area contributed by atoms with Crippen molar-refractivity contribution in [3.05, 3.63) is 71.9 Å². The molecule has 118 valence electrons. The predicted molar refractivity (Wildman–Crippen MR) is 91.2 cm³/mol. The number of aromatic nitrogens is 1. The second-order valence-electron chi connectivity index (χ2n) is 5.63. The van der Waals surface area contributed by atoms with Crippen molar-refractivity contribution in [3.8, 4) is 0 Å². The Bertz CT molecular complexity index is 795. The molecule has 0 bridgehead atoms. The second-order valence-corrected chi connectivity index (χ2v) is 5.63. The molecule has 0 saturated heterocycles. The van der Waals surface area contributed by atoms with Gasteiger partial charge in [-0.3, -0.25) is 4.79 Å². The predicted octanol–water partition coefficient (Wildman–Crippen LogP) is 2.99. The van der Waals surface area contributed by atoms with E-state index in [9.17, 15) is 4.79 Å². The van der Waals surface area contributed by atoms with E-state index in [1.165, 1.54) is 7.11 Å². The highest BCUT2D eigenvalue weighted by Gasteiger charge is 2.29.